The lowest BCUT2D eigenvalue weighted by molar-refractivity contribution is -0.142. The van der Waals surface area contributed by atoms with Gasteiger partial charge in [-0.3, -0.25) is 4.79 Å². The fourth-order valence-electron chi connectivity index (χ4n) is 3.71. The second-order valence-corrected chi connectivity index (χ2v) is 7.07. The molecule has 0 radical (unpaired) electrons. The smallest absolute Gasteiger partial charge is 0.326 e. The third kappa shape index (κ3) is 5.15. The minimum atomic E-state index is -0.987. The number of nitrogens with one attached hydrogen (secondary N) is 1. The number of aromatic nitrogens is 2. The Hall–Kier alpha value is -2.70. The number of rotatable bonds is 8. The molecular weight excluding hydrogens is 346 g/mol. The molecule has 0 saturated carbocycles. The Bertz CT molecular complexity index is 802. The first-order valence-electron chi connectivity index (χ1n) is 9.42. The molecule has 3 rings (SSSR count). The first-order chi connectivity index (χ1) is 13.0. The first kappa shape index (κ1) is 19.1. The summed E-state index contributed by atoms with van der Waals surface area (Å²) in [6.45, 7) is 1.74. The van der Waals surface area contributed by atoms with Crippen LogP contribution in [0.25, 0.3) is 0 Å². The highest BCUT2D eigenvalue weighted by atomic mass is 16.5. The molecule has 1 amide bonds. The van der Waals surface area contributed by atoms with Gasteiger partial charge in [0.05, 0.1) is 0 Å². The maximum atomic E-state index is 12.2. The van der Waals surface area contributed by atoms with Crippen molar-refractivity contribution in [3.05, 3.63) is 47.1 Å². The lowest BCUT2D eigenvalue weighted by atomic mass is 9.79. The molecular formula is C20H25N3O4. The Balaban J connectivity index is 1.53. The summed E-state index contributed by atoms with van der Waals surface area (Å²) in [5, 5.41) is 15.9. The van der Waals surface area contributed by atoms with Crippen LogP contribution in [-0.4, -0.2) is 33.2 Å². The van der Waals surface area contributed by atoms with E-state index in [0.717, 1.165) is 19.3 Å². The molecule has 0 saturated heterocycles. The molecule has 1 aromatic heterocycles. The second kappa shape index (κ2) is 8.79. The van der Waals surface area contributed by atoms with Crippen molar-refractivity contribution < 1.29 is 19.2 Å². The number of benzene rings is 1. The summed E-state index contributed by atoms with van der Waals surface area (Å²) in [6.07, 6.45) is 4.71. The van der Waals surface area contributed by atoms with Crippen molar-refractivity contribution >= 4 is 11.9 Å². The van der Waals surface area contributed by atoms with Gasteiger partial charge in [0.15, 0.2) is 5.82 Å². The van der Waals surface area contributed by atoms with Crippen LogP contribution in [0.5, 0.6) is 0 Å². The van der Waals surface area contributed by atoms with Crippen molar-refractivity contribution in [1.82, 2.24) is 15.5 Å². The van der Waals surface area contributed by atoms with Gasteiger partial charge < -0.3 is 14.9 Å². The average Bonchev–Trinajstić information content (AvgIpc) is 3.06. The molecule has 2 N–H and O–H groups in total. The Kier molecular flexibility index (Phi) is 6.21. The van der Waals surface area contributed by atoms with Crippen molar-refractivity contribution in [1.29, 1.82) is 0 Å². The van der Waals surface area contributed by atoms with E-state index in [1.807, 2.05) is 12.1 Å². The van der Waals surface area contributed by atoms with E-state index in [-0.39, 0.29) is 18.2 Å². The Morgan fingerprint density at radius 3 is 2.93 bits per heavy atom. The van der Waals surface area contributed by atoms with Crippen LogP contribution >= 0.6 is 0 Å². The van der Waals surface area contributed by atoms with E-state index in [1.54, 1.807) is 6.92 Å². The summed E-state index contributed by atoms with van der Waals surface area (Å²) in [4.78, 5) is 28.0. The highest BCUT2D eigenvalue weighted by Crippen LogP contribution is 2.34. The molecule has 7 heteroatoms. The summed E-state index contributed by atoms with van der Waals surface area (Å²) in [5.74, 6) is -0.0265. The zero-order chi connectivity index (χ0) is 19.2. The van der Waals surface area contributed by atoms with Gasteiger partial charge in [0.25, 0.3) is 0 Å². The van der Waals surface area contributed by atoms with E-state index >= 15 is 0 Å². The SMILES string of the molecule is Cc1noc(CCCC(=O)NC(CC2CCCc3ccccc32)C(=O)O)n1. The van der Waals surface area contributed by atoms with Crippen molar-refractivity contribution in [2.75, 3.05) is 0 Å². The summed E-state index contributed by atoms with van der Waals surface area (Å²) in [5.41, 5.74) is 2.51. The van der Waals surface area contributed by atoms with E-state index < -0.39 is 12.0 Å². The lowest BCUT2D eigenvalue weighted by Crippen LogP contribution is -2.42. The van der Waals surface area contributed by atoms with Gasteiger partial charge in [0, 0.05) is 12.8 Å². The van der Waals surface area contributed by atoms with Crippen molar-refractivity contribution in [3.8, 4) is 0 Å². The number of carbonyl (C=O) groups is 2. The predicted octanol–water partition coefficient (Wildman–Crippen LogP) is 2.78. The number of hydrogen-bond acceptors (Lipinski definition) is 5. The molecule has 1 aliphatic carbocycles. The first-order valence-corrected chi connectivity index (χ1v) is 9.42. The average molecular weight is 371 g/mol. The minimum absolute atomic E-state index is 0.165. The number of carboxylic acid groups (broad SMARTS) is 1. The molecule has 2 atom stereocenters. The highest BCUT2D eigenvalue weighted by Gasteiger charge is 2.28. The van der Waals surface area contributed by atoms with Crippen LogP contribution in [-0.2, 0) is 22.4 Å². The van der Waals surface area contributed by atoms with Crippen LogP contribution in [0.1, 0.15) is 60.9 Å². The topological polar surface area (TPSA) is 105 Å². The number of hydrogen-bond donors (Lipinski definition) is 2. The number of aryl methyl sites for hydroxylation is 3. The van der Waals surface area contributed by atoms with Crippen molar-refractivity contribution in [2.45, 2.75) is 63.8 Å². The second-order valence-electron chi connectivity index (χ2n) is 7.07. The largest absolute Gasteiger partial charge is 0.480 e. The highest BCUT2D eigenvalue weighted by molar-refractivity contribution is 5.83. The van der Waals surface area contributed by atoms with Crippen molar-refractivity contribution in [2.24, 2.45) is 0 Å². The van der Waals surface area contributed by atoms with Gasteiger partial charge in [0.2, 0.25) is 11.8 Å². The third-order valence-corrected chi connectivity index (χ3v) is 5.01. The molecule has 1 aliphatic rings. The minimum Gasteiger partial charge on any atom is -0.480 e. The maximum absolute atomic E-state index is 12.2. The fourth-order valence-corrected chi connectivity index (χ4v) is 3.71. The van der Waals surface area contributed by atoms with Crippen LogP contribution < -0.4 is 5.32 Å². The quantitative estimate of drug-likeness (QED) is 0.739. The summed E-state index contributed by atoms with van der Waals surface area (Å²) >= 11 is 0. The normalized spacial score (nSPS) is 17.1. The zero-order valence-electron chi connectivity index (χ0n) is 15.5. The predicted molar refractivity (Wildman–Crippen MR) is 98.3 cm³/mol. The van der Waals surface area contributed by atoms with E-state index in [9.17, 15) is 14.7 Å². The standard InChI is InChI=1S/C20H25N3O4/c1-13-21-19(27-23-13)11-5-10-18(24)22-17(20(25)26)12-15-8-4-7-14-6-2-3-9-16(14)15/h2-3,6,9,15,17H,4-5,7-8,10-12H2,1H3,(H,22,24)(H,25,26). The van der Waals surface area contributed by atoms with Crippen LogP contribution in [0.3, 0.4) is 0 Å². The molecule has 1 aromatic carbocycles. The lowest BCUT2D eigenvalue weighted by Gasteiger charge is -2.28. The number of carbonyl (C=O) groups excluding carboxylic acids is 1. The molecule has 2 unspecified atom stereocenters. The molecule has 7 nitrogen and oxygen atoms in total. The van der Waals surface area contributed by atoms with Gasteiger partial charge in [-0.15, -0.1) is 0 Å². The number of fused-ring (bicyclic) bond motifs is 1. The molecule has 144 valence electrons. The molecule has 0 fully saturated rings. The molecule has 1 heterocycles. The summed E-state index contributed by atoms with van der Waals surface area (Å²) in [7, 11) is 0. The molecule has 0 spiro atoms. The van der Waals surface area contributed by atoms with Gasteiger partial charge in [-0.2, -0.15) is 4.98 Å². The van der Waals surface area contributed by atoms with Gasteiger partial charge in [-0.1, -0.05) is 29.4 Å². The Morgan fingerprint density at radius 1 is 1.37 bits per heavy atom. The number of nitrogens with zero attached hydrogens (tertiary/aromatic N) is 2. The van der Waals surface area contributed by atoms with E-state index in [0.29, 0.717) is 31.0 Å². The number of amides is 1. The Labute approximate surface area is 158 Å². The maximum Gasteiger partial charge on any atom is 0.326 e. The van der Waals surface area contributed by atoms with Crippen LogP contribution in [0, 0.1) is 6.92 Å². The van der Waals surface area contributed by atoms with Gasteiger partial charge in [0.1, 0.15) is 6.04 Å². The van der Waals surface area contributed by atoms with Crippen LogP contribution in [0.4, 0.5) is 0 Å². The number of aliphatic carboxylic acids is 1. The summed E-state index contributed by atoms with van der Waals surface area (Å²) in [6, 6.07) is 7.31. The molecule has 27 heavy (non-hydrogen) atoms. The van der Waals surface area contributed by atoms with E-state index in [2.05, 4.69) is 27.6 Å². The monoisotopic (exact) mass is 371 g/mol. The van der Waals surface area contributed by atoms with Gasteiger partial charge in [-0.25, -0.2) is 4.79 Å². The van der Waals surface area contributed by atoms with Crippen LogP contribution in [0.15, 0.2) is 28.8 Å². The zero-order valence-corrected chi connectivity index (χ0v) is 15.5. The fraction of sp³-hybridized carbons (Fsp3) is 0.500. The van der Waals surface area contributed by atoms with Gasteiger partial charge >= 0.3 is 5.97 Å². The molecule has 0 bridgehead atoms. The van der Waals surface area contributed by atoms with Gasteiger partial charge in [-0.05, 0) is 56.1 Å². The molecule has 2 aromatic rings. The van der Waals surface area contributed by atoms with Crippen molar-refractivity contribution in [3.63, 3.8) is 0 Å². The third-order valence-electron chi connectivity index (χ3n) is 5.01. The van der Waals surface area contributed by atoms with E-state index in [4.69, 9.17) is 4.52 Å². The van der Waals surface area contributed by atoms with Crippen LogP contribution in [0.2, 0.25) is 0 Å². The molecule has 0 aliphatic heterocycles. The Morgan fingerprint density at radius 2 is 2.19 bits per heavy atom. The van der Waals surface area contributed by atoms with E-state index in [1.165, 1.54) is 11.1 Å². The number of carboxylic acids is 1. The summed E-state index contributed by atoms with van der Waals surface area (Å²) < 4.78 is 5.01.